The van der Waals surface area contributed by atoms with Gasteiger partial charge in [-0.2, -0.15) is 0 Å². The summed E-state index contributed by atoms with van der Waals surface area (Å²) >= 11 is 0. The van der Waals surface area contributed by atoms with E-state index in [1.165, 1.54) is 23.3 Å². The fraction of sp³-hybridized carbons (Fsp3) is 0.421. The van der Waals surface area contributed by atoms with Gasteiger partial charge >= 0.3 is 5.97 Å². The Labute approximate surface area is 176 Å². The quantitative estimate of drug-likeness (QED) is 0.272. The zero-order valence-corrected chi connectivity index (χ0v) is 16.6. The highest BCUT2D eigenvalue weighted by molar-refractivity contribution is 5.91. The van der Waals surface area contributed by atoms with E-state index in [4.69, 9.17) is 0 Å². The first-order chi connectivity index (χ1) is 14.8. The molecule has 1 saturated heterocycles. The molecule has 0 aliphatic carbocycles. The van der Waals surface area contributed by atoms with Gasteiger partial charge in [0.05, 0.1) is 18.9 Å². The van der Waals surface area contributed by atoms with Crippen molar-refractivity contribution in [3.8, 4) is 5.75 Å². The number of hydrogen-bond donors (Lipinski definition) is 6. The molecule has 6 N–H and O–H groups in total. The summed E-state index contributed by atoms with van der Waals surface area (Å²) in [6.45, 7) is 0.572. The lowest BCUT2D eigenvalue weighted by Gasteiger charge is -2.23. The van der Waals surface area contributed by atoms with Crippen LogP contribution in [0.3, 0.4) is 0 Å². The maximum atomic E-state index is 12.9. The summed E-state index contributed by atoms with van der Waals surface area (Å²) in [5.41, 5.74) is -0.0595. The van der Waals surface area contributed by atoms with Crippen LogP contribution in [0.1, 0.15) is 18.5 Å². The SMILES string of the molecule is O=C(N[C@@H](Cc1cnc[nH]1)C(=O)O)C(Cn1ccc(=O)c(O)c1)NC(=O)[C@@H]1CCCN1. The van der Waals surface area contributed by atoms with E-state index in [-0.39, 0.29) is 18.9 Å². The van der Waals surface area contributed by atoms with Crippen LogP contribution in [-0.4, -0.2) is 67.2 Å². The minimum absolute atomic E-state index is 0.0231. The average molecular weight is 432 g/mol. The van der Waals surface area contributed by atoms with Gasteiger partial charge in [0.15, 0.2) is 5.75 Å². The highest BCUT2D eigenvalue weighted by Crippen LogP contribution is 2.07. The smallest absolute Gasteiger partial charge is 0.326 e. The highest BCUT2D eigenvalue weighted by atomic mass is 16.4. The molecule has 12 nitrogen and oxygen atoms in total. The standard InChI is InChI=1S/C19H24N6O6/c26-15-3-5-25(9-16(15)27)8-14(24-17(28)12-2-1-4-21-12)18(29)23-13(19(30)31)6-11-7-20-10-22-11/h3,5,7,9-10,12-14,21,27H,1-2,4,6,8H2,(H,20,22)(H,23,29)(H,24,28)(H,30,31)/t12-,13-,14?/m0/s1. The number of carboxylic acid groups (broad SMARTS) is 1. The van der Waals surface area contributed by atoms with Crippen LogP contribution in [0.2, 0.25) is 0 Å². The Hall–Kier alpha value is -3.67. The largest absolute Gasteiger partial charge is 0.503 e. The molecule has 2 amide bonds. The molecule has 1 fully saturated rings. The highest BCUT2D eigenvalue weighted by Gasteiger charge is 2.30. The predicted octanol–water partition coefficient (Wildman–Crippen LogP) is -1.67. The second-order valence-corrected chi connectivity index (χ2v) is 7.28. The number of nitrogens with zero attached hydrogens (tertiary/aromatic N) is 2. The van der Waals surface area contributed by atoms with Crippen molar-refractivity contribution in [3.05, 3.63) is 46.9 Å². The third kappa shape index (κ3) is 5.92. The van der Waals surface area contributed by atoms with Crippen molar-refractivity contribution in [2.45, 2.75) is 43.9 Å². The molecule has 2 aromatic heterocycles. The Morgan fingerprint density at radius 3 is 2.71 bits per heavy atom. The van der Waals surface area contributed by atoms with E-state index in [0.717, 1.165) is 18.7 Å². The molecule has 31 heavy (non-hydrogen) atoms. The van der Waals surface area contributed by atoms with Crippen LogP contribution in [0.5, 0.6) is 5.75 Å². The maximum Gasteiger partial charge on any atom is 0.326 e. The van der Waals surface area contributed by atoms with E-state index in [9.17, 15) is 29.4 Å². The van der Waals surface area contributed by atoms with Gasteiger partial charge in [0.1, 0.15) is 12.1 Å². The van der Waals surface area contributed by atoms with Gasteiger partial charge in [-0.05, 0) is 19.4 Å². The molecule has 3 rings (SSSR count). The van der Waals surface area contributed by atoms with E-state index in [1.807, 2.05) is 0 Å². The number of carbonyl (C=O) groups excluding carboxylic acids is 2. The molecule has 3 heterocycles. The molecule has 0 saturated carbocycles. The van der Waals surface area contributed by atoms with E-state index >= 15 is 0 Å². The number of carboxylic acids is 1. The molecule has 166 valence electrons. The van der Waals surface area contributed by atoms with Crippen LogP contribution >= 0.6 is 0 Å². The van der Waals surface area contributed by atoms with Gasteiger partial charge in [-0.15, -0.1) is 0 Å². The summed E-state index contributed by atoms with van der Waals surface area (Å²) < 4.78 is 1.37. The molecule has 2 aromatic rings. The summed E-state index contributed by atoms with van der Waals surface area (Å²) in [7, 11) is 0. The molecular weight excluding hydrogens is 408 g/mol. The van der Waals surface area contributed by atoms with Gasteiger partial charge < -0.3 is 35.7 Å². The number of aromatic nitrogens is 3. The molecule has 0 spiro atoms. The Balaban J connectivity index is 1.76. The molecule has 0 aromatic carbocycles. The normalized spacial score (nSPS) is 17.6. The molecule has 0 radical (unpaired) electrons. The van der Waals surface area contributed by atoms with Crippen LogP contribution < -0.4 is 21.4 Å². The van der Waals surface area contributed by atoms with Crippen molar-refractivity contribution < 1.29 is 24.6 Å². The average Bonchev–Trinajstić information content (AvgIpc) is 3.43. The molecule has 12 heteroatoms. The predicted molar refractivity (Wildman–Crippen MR) is 107 cm³/mol. The molecule has 3 atom stereocenters. The van der Waals surface area contributed by atoms with Crippen molar-refractivity contribution in [2.75, 3.05) is 6.54 Å². The summed E-state index contributed by atoms with van der Waals surface area (Å²) in [5, 5.41) is 27.3. The van der Waals surface area contributed by atoms with Gasteiger partial charge in [0, 0.05) is 36.8 Å². The van der Waals surface area contributed by atoms with Crippen molar-refractivity contribution in [2.24, 2.45) is 0 Å². The third-order valence-corrected chi connectivity index (χ3v) is 4.95. The van der Waals surface area contributed by atoms with Gasteiger partial charge in [0.25, 0.3) is 0 Å². The Bertz CT molecular complexity index is 982. The third-order valence-electron chi connectivity index (χ3n) is 4.95. The van der Waals surface area contributed by atoms with Gasteiger partial charge in [-0.25, -0.2) is 9.78 Å². The second-order valence-electron chi connectivity index (χ2n) is 7.28. The number of H-pyrrole nitrogens is 1. The molecule has 1 aliphatic rings. The van der Waals surface area contributed by atoms with Crippen molar-refractivity contribution >= 4 is 17.8 Å². The van der Waals surface area contributed by atoms with Crippen LogP contribution in [-0.2, 0) is 27.3 Å². The fourth-order valence-corrected chi connectivity index (χ4v) is 3.30. The van der Waals surface area contributed by atoms with Crippen LogP contribution in [0.25, 0.3) is 0 Å². The number of rotatable bonds is 9. The lowest BCUT2D eigenvalue weighted by molar-refractivity contribution is -0.142. The van der Waals surface area contributed by atoms with Crippen LogP contribution in [0.15, 0.2) is 35.8 Å². The number of aromatic hydroxyl groups is 1. The summed E-state index contributed by atoms with van der Waals surface area (Å²) in [4.78, 5) is 55.1. The lowest BCUT2D eigenvalue weighted by Crippen LogP contribution is -2.56. The zero-order chi connectivity index (χ0) is 22.4. The zero-order valence-electron chi connectivity index (χ0n) is 16.6. The Morgan fingerprint density at radius 1 is 1.29 bits per heavy atom. The van der Waals surface area contributed by atoms with Crippen LogP contribution in [0, 0.1) is 0 Å². The topological polar surface area (TPSA) is 178 Å². The summed E-state index contributed by atoms with van der Waals surface area (Å²) in [6.07, 6.45) is 6.78. The molecule has 1 aliphatic heterocycles. The second kappa shape index (κ2) is 9.89. The number of amides is 2. The monoisotopic (exact) mass is 432 g/mol. The number of aromatic amines is 1. The number of hydrogen-bond acceptors (Lipinski definition) is 7. The van der Waals surface area contributed by atoms with Crippen molar-refractivity contribution in [3.63, 3.8) is 0 Å². The van der Waals surface area contributed by atoms with E-state index in [2.05, 4.69) is 25.9 Å². The number of carbonyl (C=O) groups is 3. The minimum Gasteiger partial charge on any atom is -0.503 e. The van der Waals surface area contributed by atoms with E-state index < -0.39 is 41.2 Å². The fourth-order valence-electron chi connectivity index (χ4n) is 3.30. The number of pyridine rings is 1. The molecule has 0 bridgehead atoms. The van der Waals surface area contributed by atoms with Crippen LogP contribution in [0.4, 0.5) is 0 Å². The number of nitrogens with one attached hydrogen (secondary N) is 4. The van der Waals surface area contributed by atoms with Crippen molar-refractivity contribution in [1.29, 1.82) is 0 Å². The van der Waals surface area contributed by atoms with E-state index in [1.54, 1.807) is 0 Å². The Kier molecular flexibility index (Phi) is 7.03. The first kappa shape index (κ1) is 22.0. The minimum atomic E-state index is -1.25. The van der Waals surface area contributed by atoms with Gasteiger partial charge in [0.2, 0.25) is 17.2 Å². The number of imidazole rings is 1. The number of aliphatic carboxylic acids is 1. The lowest BCUT2D eigenvalue weighted by atomic mass is 10.1. The first-order valence-corrected chi connectivity index (χ1v) is 9.76. The molecule has 1 unspecified atom stereocenters. The van der Waals surface area contributed by atoms with Gasteiger partial charge in [-0.3, -0.25) is 14.4 Å². The maximum absolute atomic E-state index is 12.9. The van der Waals surface area contributed by atoms with Crippen molar-refractivity contribution in [1.82, 2.24) is 30.5 Å². The molecular formula is C19H24N6O6. The first-order valence-electron chi connectivity index (χ1n) is 9.76. The van der Waals surface area contributed by atoms with Gasteiger partial charge in [-0.1, -0.05) is 0 Å². The summed E-state index contributed by atoms with van der Waals surface area (Å²) in [6, 6.07) is -1.71. The van der Waals surface area contributed by atoms with E-state index in [0.29, 0.717) is 18.7 Å². The summed E-state index contributed by atoms with van der Waals surface area (Å²) in [5.74, 6) is -2.85. The Morgan fingerprint density at radius 2 is 2.10 bits per heavy atom.